The zero-order chi connectivity index (χ0) is 12.3. The summed E-state index contributed by atoms with van der Waals surface area (Å²) >= 11 is 0. The molecule has 0 radical (unpaired) electrons. The molecule has 4 rings (SSSR count). The summed E-state index contributed by atoms with van der Waals surface area (Å²) in [7, 11) is 0. The first-order chi connectivity index (χ1) is 8.72. The van der Waals surface area contributed by atoms with Crippen LogP contribution in [0, 0.1) is 23.7 Å². The third kappa shape index (κ3) is 1.37. The Bertz CT molecular complexity index is 330. The van der Waals surface area contributed by atoms with Gasteiger partial charge >= 0.3 is 0 Å². The number of nitrogens with zero attached hydrogens (tertiary/aromatic N) is 1. The molecule has 2 aliphatic heterocycles. The van der Waals surface area contributed by atoms with Crippen LogP contribution in [0.1, 0.15) is 51.9 Å². The van der Waals surface area contributed by atoms with E-state index >= 15 is 0 Å². The van der Waals surface area contributed by atoms with Gasteiger partial charge in [-0.2, -0.15) is 0 Å². The second-order valence-electron chi connectivity index (χ2n) is 7.58. The fraction of sp³-hybridized carbons (Fsp3) is 1.00. The van der Waals surface area contributed by atoms with Crippen molar-refractivity contribution < 1.29 is 5.11 Å². The molecule has 1 N–H and O–H groups in total. The molecular formula is C16H27NO. The molecule has 2 aliphatic carbocycles. The summed E-state index contributed by atoms with van der Waals surface area (Å²) in [4.78, 5) is 2.82. The van der Waals surface area contributed by atoms with E-state index in [0.29, 0.717) is 11.5 Å². The fourth-order valence-electron chi connectivity index (χ4n) is 6.43. The quantitative estimate of drug-likeness (QED) is 0.713. The minimum Gasteiger partial charge on any atom is -0.393 e. The molecule has 1 spiro atoms. The lowest BCUT2D eigenvalue weighted by Gasteiger charge is -2.67. The molecule has 2 heterocycles. The van der Waals surface area contributed by atoms with Crippen molar-refractivity contribution in [1.82, 2.24) is 4.90 Å². The Kier molecular flexibility index (Phi) is 2.58. The average molecular weight is 249 g/mol. The van der Waals surface area contributed by atoms with Gasteiger partial charge in [0.15, 0.2) is 0 Å². The van der Waals surface area contributed by atoms with E-state index in [9.17, 15) is 5.11 Å². The molecule has 0 amide bonds. The van der Waals surface area contributed by atoms with E-state index < -0.39 is 0 Å². The van der Waals surface area contributed by atoms with Crippen LogP contribution in [0.25, 0.3) is 0 Å². The Hall–Kier alpha value is -0.0800. The van der Waals surface area contributed by atoms with Gasteiger partial charge in [0.1, 0.15) is 0 Å². The Morgan fingerprint density at radius 1 is 1.06 bits per heavy atom. The topological polar surface area (TPSA) is 23.5 Å². The number of hydrogen-bond acceptors (Lipinski definition) is 2. The average Bonchev–Trinajstić information content (AvgIpc) is 2.33. The molecule has 0 aromatic carbocycles. The van der Waals surface area contributed by atoms with Crippen LogP contribution in [-0.2, 0) is 0 Å². The highest BCUT2D eigenvalue weighted by molar-refractivity contribution is 5.15. The predicted molar refractivity (Wildman–Crippen MR) is 72.3 cm³/mol. The van der Waals surface area contributed by atoms with Crippen LogP contribution in [-0.4, -0.2) is 34.7 Å². The smallest absolute Gasteiger partial charge is 0.0589 e. The monoisotopic (exact) mass is 249 g/mol. The van der Waals surface area contributed by atoms with Crippen molar-refractivity contribution in [1.29, 1.82) is 0 Å². The highest BCUT2D eigenvalue weighted by atomic mass is 16.3. The first-order valence-electron chi connectivity index (χ1n) is 8.15. The minimum atomic E-state index is -0.000324. The maximum absolute atomic E-state index is 10.6. The van der Waals surface area contributed by atoms with E-state index in [-0.39, 0.29) is 6.10 Å². The van der Waals surface area contributed by atoms with Gasteiger partial charge < -0.3 is 5.11 Å². The van der Waals surface area contributed by atoms with Gasteiger partial charge in [0.05, 0.1) is 6.10 Å². The number of aliphatic hydroxyl groups excluding tert-OH is 1. The van der Waals surface area contributed by atoms with Gasteiger partial charge in [0, 0.05) is 11.5 Å². The SMILES string of the molecule is CC1CC2CC(O)C3CCCN4CCCC2C34C1. The third-order valence-corrected chi connectivity index (χ3v) is 6.72. The summed E-state index contributed by atoms with van der Waals surface area (Å²) in [6.45, 7) is 5.06. The van der Waals surface area contributed by atoms with Gasteiger partial charge in [0.2, 0.25) is 0 Å². The summed E-state index contributed by atoms with van der Waals surface area (Å²) < 4.78 is 0. The van der Waals surface area contributed by atoms with E-state index in [2.05, 4.69) is 11.8 Å². The summed E-state index contributed by atoms with van der Waals surface area (Å²) in [6, 6.07) is 0. The molecule has 2 saturated carbocycles. The van der Waals surface area contributed by atoms with E-state index in [1.165, 1.54) is 51.6 Å². The molecule has 102 valence electrons. The molecule has 0 aromatic rings. The van der Waals surface area contributed by atoms with Crippen molar-refractivity contribution >= 4 is 0 Å². The second kappa shape index (κ2) is 3.96. The van der Waals surface area contributed by atoms with Gasteiger partial charge in [-0.25, -0.2) is 0 Å². The number of rotatable bonds is 0. The van der Waals surface area contributed by atoms with Gasteiger partial charge in [-0.05, 0) is 75.8 Å². The van der Waals surface area contributed by atoms with Crippen molar-refractivity contribution in [2.24, 2.45) is 23.7 Å². The highest BCUT2D eigenvalue weighted by Crippen LogP contribution is 2.60. The van der Waals surface area contributed by atoms with E-state index in [1.807, 2.05) is 0 Å². The largest absolute Gasteiger partial charge is 0.393 e. The normalized spacial score (nSPS) is 56.0. The Morgan fingerprint density at radius 2 is 1.78 bits per heavy atom. The lowest BCUT2D eigenvalue weighted by atomic mass is 9.48. The molecule has 4 fully saturated rings. The molecule has 0 aromatic heterocycles. The lowest BCUT2D eigenvalue weighted by molar-refractivity contribution is -0.194. The zero-order valence-electron chi connectivity index (χ0n) is 11.6. The first kappa shape index (κ1) is 11.7. The summed E-state index contributed by atoms with van der Waals surface area (Å²) in [5, 5.41) is 10.6. The molecule has 18 heavy (non-hydrogen) atoms. The van der Waals surface area contributed by atoms with Crippen LogP contribution in [0.3, 0.4) is 0 Å². The van der Waals surface area contributed by atoms with Gasteiger partial charge in [-0.1, -0.05) is 6.92 Å². The lowest BCUT2D eigenvalue weighted by Crippen LogP contribution is -2.72. The van der Waals surface area contributed by atoms with E-state index in [0.717, 1.165) is 24.2 Å². The van der Waals surface area contributed by atoms with Crippen LogP contribution < -0.4 is 0 Å². The molecule has 6 atom stereocenters. The summed E-state index contributed by atoms with van der Waals surface area (Å²) in [5.74, 6) is 3.20. The maximum Gasteiger partial charge on any atom is 0.0589 e. The van der Waals surface area contributed by atoms with Gasteiger partial charge in [-0.15, -0.1) is 0 Å². The van der Waals surface area contributed by atoms with Gasteiger partial charge in [-0.3, -0.25) is 4.90 Å². The number of piperidine rings is 2. The fourth-order valence-corrected chi connectivity index (χ4v) is 6.43. The molecule has 2 nitrogen and oxygen atoms in total. The van der Waals surface area contributed by atoms with Crippen LogP contribution >= 0.6 is 0 Å². The van der Waals surface area contributed by atoms with Crippen molar-refractivity contribution in [2.45, 2.75) is 63.5 Å². The van der Waals surface area contributed by atoms with Crippen LogP contribution in [0.5, 0.6) is 0 Å². The summed E-state index contributed by atoms with van der Waals surface area (Å²) in [6.07, 6.45) is 9.30. The summed E-state index contributed by atoms with van der Waals surface area (Å²) in [5.41, 5.74) is 0.413. The second-order valence-corrected chi connectivity index (χ2v) is 7.58. The zero-order valence-corrected chi connectivity index (χ0v) is 11.6. The van der Waals surface area contributed by atoms with Crippen molar-refractivity contribution in [2.75, 3.05) is 13.1 Å². The Morgan fingerprint density at radius 3 is 2.56 bits per heavy atom. The van der Waals surface area contributed by atoms with Crippen molar-refractivity contribution in [3.63, 3.8) is 0 Å². The molecular weight excluding hydrogens is 222 g/mol. The number of aliphatic hydroxyl groups is 1. The Labute approximate surface area is 111 Å². The van der Waals surface area contributed by atoms with E-state index in [1.54, 1.807) is 0 Å². The molecule has 6 unspecified atom stereocenters. The third-order valence-electron chi connectivity index (χ3n) is 6.72. The van der Waals surface area contributed by atoms with Crippen LogP contribution in [0.4, 0.5) is 0 Å². The first-order valence-corrected chi connectivity index (χ1v) is 8.15. The van der Waals surface area contributed by atoms with Crippen LogP contribution in [0.15, 0.2) is 0 Å². The Balaban J connectivity index is 1.80. The predicted octanol–water partition coefficient (Wildman–Crippen LogP) is 2.66. The van der Waals surface area contributed by atoms with Gasteiger partial charge in [0.25, 0.3) is 0 Å². The molecule has 4 aliphatic rings. The number of hydrogen-bond donors (Lipinski definition) is 1. The van der Waals surface area contributed by atoms with E-state index in [4.69, 9.17) is 0 Å². The van der Waals surface area contributed by atoms with Crippen LogP contribution in [0.2, 0.25) is 0 Å². The highest BCUT2D eigenvalue weighted by Gasteiger charge is 2.61. The molecule has 2 heteroatoms. The maximum atomic E-state index is 10.6. The minimum absolute atomic E-state index is 0.000324. The molecule has 2 bridgehead atoms. The van der Waals surface area contributed by atoms with Crippen molar-refractivity contribution in [3.8, 4) is 0 Å². The van der Waals surface area contributed by atoms with Crippen molar-refractivity contribution in [3.05, 3.63) is 0 Å². The standard InChI is InChI=1S/C16H27NO/c1-11-8-12-9-15(18)14-5-3-7-17-6-2-4-13(12)16(14,17)10-11/h11-15,18H,2-10H2,1H3. The molecule has 2 saturated heterocycles.